The van der Waals surface area contributed by atoms with Crippen molar-refractivity contribution in [1.29, 1.82) is 0 Å². The summed E-state index contributed by atoms with van der Waals surface area (Å²) in [6, 6.07) is 7.39. The van der Waals surface area contributed by atoms with Crippen LogP contribution in [-0.4, -0.2) is 35.4 Å². The first kappa shape index (κ1) is 15.1. The minimum atomic E-state index is -0.224. The summed E-state index contributed by atoms with van der Waals surface area (Å²) in [6.45, 7) is 0.293. The second-order valence-electron chi connectivity index (χ2n) is 5.08. The molecule has 4 rings (SSSR count). The molecule has 0 atom stereocenters. The molecular weight excluding hydrogens is 348 g/mol. The zero-order valence-corrected chi connectivity index (χ0v) is 14.1. The molecule has 24 heavy (non-hydrogen) atoms. The molecule has 0 saturated heterocycles. The third-order valence-corrected chi connectivity index (χ3v) is 4.62. The van der Waals surface area contributed by atoms with Gasteiger partial charge >= 0.3 is 0 Å². The molecule has 4 aromatic rings. The summed E-state index contributed by atoms with van der Waals surface area (Å²) < 4.78 is 3.22. The fourth-order valence-corrected chi connectivity index (χ4v) is 3.06. The lowest BCUT2D eigenvalue weighted by molar-refractivity contribution is 0.761. The Hall–Kier alpha value is -2.45. The molecule has 0 aliphatic carbocycles. The molecule has 0 aliphatic heterocycles. The molecule has 1 aromatic carbocycles. The van der Waals surface area contributed by atoms with E-state index in [0.717, 1.165) is 5.56 Å². The third kappa shape index (κ3) is 2.35. The van der Waals surface area contributed by atoms with Crippen molar-refractivity contribution in [1.82, 2.24) is 29.1 Å². The number of hydrogen-bond acceptors (Lipinski definition) is 6. The van der Waals surface area contributed by atoms with E-state index < -0.39 is 0 Å². The molecule has 0 radical (unpaired) electrons. The van der Waals surface area contributed by atoms with Crippen LogP contribution in [0.15, 0.2) is 46.7 Å². The Labute approximate surface area is 145 Å². The van der Waals surface area contributed by atoms with Crippen molar-refractivity contribution in [3.05, 3.63) is 57.7 Å². The second kappa shape index (κ2) is 5.88. The van der Waals surface area contributed by atoms with Gasteiger partial charge in [0, 0.05) is 11.2 Å². The summed E-state index contributed by atoms with van der Waals surface area (Å²) in [7, 11) is 0. The van der Waals surface area contributed by atoms with Crippen LogP contribution >= 0.6 is 23.4 Å². The molecule has 0 fully saturated rings. The van der Waals surface area contributed by atoms with E-state index in [2.05, 4.69) is 20.2 Å². The Morgan fingerprint density at radius 2 is 2.12 bits per heavy atom. The maximum Gasteiger partial charge on any atom is 0.266 e. The number of fused-ring (bicyclic) bond motifs is 3. The highest BCUT2D eigenvalue weighted by atomic mass is 35.5. The van der Waals surface area contributed by atoms with Crippen molar-refractivity contribution >= 4 is 40.2 Å². The quantitative estimate of drug-likeness (QED) is 0.413. The summed E-state index contributed by atoms with van der Waals surface area (Å²) in [6.07, 6.45) is 4.96. The Kier molecular flexibility index (Phi) is 3.70. The van der Waals surface area contributed by atoms with Crippen LogP contribution in [0.3, 0.4) is 0 Å². The van der Waals surface area contributed by atoms with E-state index in [1.54, 1.807) is 16.7 Å². The molecule has 0 saturated carbocycles. The maximum atomic E-state index is 12.9. The highest BCUT2D eigenvalue weighted by Gasteiger charge is 2.15. The first-order valence-corrected chi connectivity index (χ1v) is 8.66. The van der Waals surface area contributed by atoms with Crippen LogP contribution in [-0.2, 0) is 6.54 Å². The van der Waals surface area contributed by atoms with Gasteiger partial charge in [0.25, 0.3) is 5.56 Å². The van der Waals surface area contributed by atoms with Crippen LogP contribution in [0.4, 0.5) is 0 Å². The average molecular weight is 359 g/mol. The fraction of sp³-hybridized carbons (Fsp3) is 0.133. The van der Waals surface area contributed by atoms with Gasteiger partial charge in [-0.15, -0.1) is 10.2 Å². The van der Waals surface area contributed by atoms with Gasteiger partial charge in [-0.25, -0.2) is 14.4 Å². The van der Waals surface area contributed by atoms with Crippen LogP contribution < -0.4 is 5.56 Å². The van der Waals surface area contributed by atoms with Gasteiger partial charge in [0.15, 0.2) is 10.8 Å². The minimum Gasteiger partial charge on any atom is -0.272 e. The number of nitrogens with zero attached hydrogens (tertiary/aromatic N) is 6. The Balaban J connectivity index is 2.01. The molecule has 3 heterocycles. The summed E-state index contributed by atoms with van der Waals surface area (Å²) in [5.74, 6) is 0.415. The number of aromatic nitrogens is 6. The van der Waals surface area contributed by atoms with Gasteiger partial charge in [-0.1, -0.05) is 41.6 Å². The predicted octanol–water partition coefficient (Wildman–Crippen LogP) is 2.26. The molecule has 0 spiro atoms. The van der Waals surface area contributed by atoms with Crippen LogP contribution in [0.25, 0.3) is 16.8 Å². The fourth-order valence-electron chi connectivity index (χ4n) is 2.53. The normalized spacial score (nSPS) is 11.4. The van der Waals surface area contributed by atoms with Crippen molar-refractivity contribution < 1.29 is 0 Å². The lowest BCUT2D eigenvalue weighted by atomic mass is 10.2. The van der Waals surface area contributed by atoms with Crippen molar-refractivity contribution in [2.75, 3.05) is 6.26 Å². The van der Waals surface area contributed by atoms with Gasteiger partial charge < -0.3 is 0 Å². The molecule has 120 valence electrons. The van der Waals surface area contributed by atoms with E-state index in [0.29, 0.717) is 33.5 Å². The van der Waals surface area contributed by atoms with E-state index in [-0.39, 0.29) is 5.56 Å². The van der Waals surface area contributed by atoms with Crippen molar-refractivity contribution in [3.8, 4) is 0 Å². The summed E-state index contributed by atoms with van der Waals surface area (Å²) >= 11 is 7.63. The minimum absolute atomic E-state index is 0.224. The third-order valence-electron chi connectivity index (χ3n) is 3.69. The molecule has 9 heteroatoms. The summed E-state index contributed by atoms with van der Waals surface area (Å²) in [5, 5.41) is 9.59. The van der Waals surface area contributed by atoms with Crippen LogP contribution in [0.1, 0.15) is 5.56 Å². The molecule has 0 N–H and O–H groups in total. The lowest BCUT2D eigenvalue weighted by Crippen LogP contribution is -2.24. The van der Waals surface area contributed by atoms with Gasteiger partial charge in [0.05, 0.1) is 6.54 Å². The number of benzene rings is 1. The van der Waals surface area contributed by atoms with Gasteiger partial charge in [-0.2, -0.15) is 0 Å². The highest BCUT2D eigenvalue weighted by Crippen LogP contribution is 2.18. The van der Waals surface area contributed by atoms with Crippen LogP contribution in [0.5, 0.6) is 0 Å². The first-order chi connectivity index (χ1) is 11.7. The van der Waals surface area contributed by atoms with E-state index in [1.807, 2.05) is 24.5 Å². The van der Waals surface area contributed by atoms with E-state index >= 15 is 0 Å². The first-order valence-electron chi connectivity index (χ1n) is 7.05. The van der Waals surface area contributed by atoms with E-state index in [1.165, 1.54) is 22.7 Å². The standard InChI is InChI=1S/C15H11ClN6OS/c1-24-14-17-6-10-12(19-14)22-8-18-20-15(22)21(13(10)23)7-9-4-2-3-5-11(9)16/h2-6,8H,7H2,1H3. The average Bonchev–Trinajstić information content (AvgIpc) is 3.09. The Morgan fingerprint density at radius 3 is 2.92 bits per heavy atom. The van der Waals surface area contributed by atoms with Crippen LogP contribution in [0.2, 0.25) is 5.02 Å². The molecule has 0 unspecified atom stereocenters. The molecule has 0 aliphatic rings. The zero-order chi connectivity index (χ0) is 16.7. The highest BCUT2D eigenvalue weighted by molar-refractivity contribution is 7.98. The largest absolute Gasteiger partial charge is 0.272 e. The molecular formula is C15H11ClN6OS. The van der Waals surface area contributed by atoms with Gasteiger partial charge in [-0.05, 0) is 17.9 Å². The topological polar surface area (TPSA) is 78.0 Å². The summed E-state index contributed by atoms with van der Waals surface area (Å²) in [4.78, 5) is 21.5. The molecule has 7 nitrogen and oxygen atoms in total. The Morgan fingerprint density at radius 1 is 1.29 bits per heavy atom. The van der Waals surface area contributed by atoms with Gasteiger partial charge in [0.1, 0.15) is 11.7 Å². The van der Waals surface area contributed by atoms with Crippen molar-refractivity contribution in [2.45, 2.75) is 11.7 Å². The zero-order valence-electron chi connectivity index (χ0n) is 12.5. The molecule has 0 bridgehead atoms. The Bertz CT molecular complexity index is 1120. The molecule has 0 amide bonds. The van der Waals surface area contributed by atoms with Crippen molar-refractivity contribution in [2.24, 2.45) is 0 Å². The summed E-state index contributed by atoms with van der Waals surface area (Å²) in [5.41, 5.74) is 1.10. The van der Waals surface area contributed by atoms with Gasteiger partial charge in [0.2, 0.25) is 5.78 Å². The number of rotatable bonds is 3. The second-order valence-corrected chi connectivity index (χ2v) is 6.26. The number of halogens is 1. The van der Waals surface area contributed by atoms with E-state index in [4.69, 9.17) is 11.6 Å². The number of thioether (sulfide) groups is 1. The number of hydrogen-bond donors (Lipinski definition) is 0. The maximum absolute atomic E-state index is 12.9. The lowest BCUT2D eigenvalue weighted by Gasteiger charge is -2.10. The predicted molar refractivity (Wildman–Crippen MR) is 92.7 cm³/mol. The SMILES string of the molecule is CSc1ncc2c(=O)n(Cc3ccccc3Cl)c3nncn3c2n1. The monoisotopic (exact) mass is 358 g/mol. The van der Waals surface area contributed by atoms with Gasteiger partial charge in [-0.3, -0.25) is 9.36 Å². The van der Waals surface area contributed by atoms with Crippen molar-refractivity contribution in [3.63, 3.8) is 0 Å². The van der Waals surface area contributed by atoms with E-state index in [9.17, 15) is 4.79 Å². The smallest absolute Gasteiger partial charge is 0.266 e. The van der Waals surface area contributed by atoms with Crippen LogP contribution in [0, 0.1) is 0 Å². The molecule has 3 aromatic heterocycles.